The van der Waals surface area contributed by atoms with E-state index in [9.17, 15) is 5.11 Å². The molecule has 0 unspecified atom stereocenters. The molecule has 25 heavy (non-hydrogen) atoms. The Balaban J connectivity index is 3.49. The summed E-state index contributed by atoms with van der Waals surface area (Å²) in [5, 5.41) is 28.5. The highest BCUT2D eigenvalue weighted by Crippen LogP contribution is 2.14. The van der Waals surface area contributed by atoms with E-state index in [-0.39, 0.29) is 19.3 Å². The highest BCUT2D eigenvalue weighted by Gasteiger charge is 2.24. The number of hydrogen-bond donors (Lipinski definition) is 3. The molecule has 0 radical (unpaired) electrons. The topological polar surface area (TPSA) is 60.7 Å². The van der Waals surface area contributed by atoms with Gasteiger partial charge in [0.05, 0.1) is 20.3 Å². The molecule has 0 bridgehead atoms. The maximum atomic E-state index is 10.2. The van der Waals surface area contributed by atoms with Crippen LogP contribution in [-0.4, -0.2) is 65.8 Å². The second-order valence-electron chi connectivity index (χ2n) is 8.03. The van der Waals surface area contributed by atoms with Gasteiger partial charge in [0.15, 0.2) is 0 Å². The first kappa shape index (κ1) is 24.8. The molecular formula is C21H46NO3+. The van der Waals surface area contributed by atoms with Crippen molar-refractivity contribution in [2.24, 2.45) is 0 Å². The molecule has 0 spiro atoms. The number of quaternary nitrogens is 1. The lowest BCUT2D eigenvalue weighted by molar-refractivity contribution is -0.913. The Morgan fingerprint density at radius 1 is 0.680 bits per heavy atom. The van der Waals surface area contributed by atoms with E-state index in [1.54, 1.807) is 0 Å². The van der Waals surface area contributed by atoms with Crippen molar-refractivity contribution in [3.05, 3.63) is 0 Å². The van der Waals surface area contributed by atoms with Crippen LogP contribution in [0.3, 0.4) is 0 Å². The van der Waals surface area contributed by atoms with E-state index >= 15 is 0 Å². The summed E-state index contributed by atoms with van der Waals surface area (Å²) in [7, 11) is 2.00. The second-order valence-corrected chi connectivity index (χ2v) is 8.03. The van der Waals surface area contributed by atoms with Crippen LogP contribution in [0.25, 0.3) is 0 Å². The average molecular weight is 361 g/mol. The van der Waals surface area contributed by atoms with Crippen LogP contribution in [0.2, 0.25) is 0 Å². The Morgan fingerprint density at radius 2 is 1.08 bits per heavy atom. The summed E-state index contributed by atoms with van der Waals surface area (Å²) in [4.78, 5) is 0. The summed E-state index contributed by atoms with van der Waals surface area (Å²) in [6.07, 6.45) is 16.5. The fourth-order valence-corrected chi connectivity index (χ4v) is 3.60. The maximum Gasteiger partial charge on any atom is 0.105 e. The molecule has 0 aromatic heterocycles. The number of rotatable bonds is 19. The number of aliphatic hydroxyl groups excluding tert-OH is 3. The Morgan fingerprint density at radius 3 is 1.48 bits per heavy atom. The third-order valence-electron chi connectivity index (χ3n) is 5.32. The quantitative estimate of drug-likeness (QED) is 0.242. The normalized spacial score (nSPS) is 13.3. The van der Waals surface area contributed by atoms with Gasteiger partial charge in [0.25, 0.3) is 0 Å². The zero-order valence-electron chi connectivity index (χ0n) is 17.1. The molecule has 152 valence electrons. The summed E-state index contributed by atoms with van der Waals surface area (Å²) < 4.78 is 0.548. The van der Waals surface area contributed by atoms with E-state index in [2.05, 4.69) is 6.92 Å². The first-order chi connectivity index (χ1) is 12.1. The largest absolute Gasteiger partial charge is 0.391 e. The van der Waals surface area contributed by atoms with Crippen LogP contribution >= 0.6 is 0 Å². The summed E-state index contributed by atoms with van der Waals surface area (Å²) in [6, 6.07) is 0. The smallest absolute Gasteiger partial charge is 0.105 e. The molecule has 0 aliphatic rings. The molecule has 0 amide bonds. The zero-order valence-corrected chi connectivity index (χ0v) is 17.1. The number of aliphatic hydroxyl groups is 3. The van der Waals surface area contributed by atoms with E-state index in [1.165, 1.54) is 70.6 Å². The Hall–Kier alpha value is -0.160. The summed E-state index contributed by atoms with van der Waals surface area (Å²) in [5.74, 6) is 0. The van der Waals surface area contributed by atoms with Crippen LogP contribution in [0.1, 0.15) is 90.4 Å². The Kier molecular flexibility index (Phi) is 17.2. The Bertz CT molecular complexity index is 268. The molecule has 1 atom stereocenters. The molecular weight excluding hydrogens is 314 g/mol. The third-order valence-corrected chi connectivity index (χ3v) is 5.32. The number of unbranched alkanes of at least 4 members (excludes halogenated alkanes) is 11. The van der Waals surface area contributed by atoms with Gasteiger partial charge < -0.3 is 19.8 Å². The maximum absolute atomic E-state index is 10.2. The fourth-order valence-electron chi connectivity index (χ4n) is 3.60. The standard InChI is InChI=1S/C21H46NO3/c1-3-4-5-6-7-8-9-10-11-12-13-14-15-21(25)20-22(2,16-18-23)17-19-24/h21,23-25H,3-20H2,1-2H3/q+1/t21-/m0/s1. The molecule has 0 aliphatic heterocycles. The SMILES string of the molecule is CCCCCCCCCCCCCC[C@H](O)C[N+](C)(CCO)CCO. The predicted octanol–water partition coefficient (Wildman–Crippen LogP) is 3.87. The Labute approximate surface area is 156 Å². The number of nitrogens with zero attached hydrogens (tertiary/aromatic N) is 1. The van der Waals surface area contributed by atoms with Crippen LogP contribution in [-0.2, 0) is 0 Å². The van der Waals surface area contributed by atoms with Crippen molar-refractivity contribution in [2.45, 2.75) is 96.5 Å². The minimum absolute atomic E-state index is 0.0990. The lowest BCUT2D eigenvalue weighted by atomic mass is 10.0. The van der Waals surface area contributed by atoms with Crippen molar-refractivity contribution >= 4 is 0 Å². The molecule has 0 aromatic rings. The van der Waals surface area contributed by atoms with Crippen molar-refractivity contribution in [1.82, 2.24) is 0 Å². The third kappa shape index (κ3) is 15.8. The van der Waals surface area contributed by atoms with E-state index in [0.29, 0.717) is 24.1 Å². The van der Waals surface area contributed by atoms with Gasteiger partial charge in [0, 0.05) is 0 Å². The van der Waals surface area contributed by atoms with Crippen LogP contribution in [0, 0.1) is 0 Å². The monoisotopic (exact) mass is 360 g/mol. The first-order valence-corrected chi connectivity index (χ1v) is 10.8. The lowest BCUT2D eigenvalue weighted by Crippen LogP contribution is -2.52. The van der Waals surface area contributed by atoms with Crippen molar-refractivity contribution < 1.29 is 19.8 Å². The van der Waals surface area contributed by atoms with Gasteiger partial charge in [-0.05, 0) is 6.42 Å². The highest BCUT2D eigenvalue weighted by molar-refractivity contribution is 4.57. The molecule has 4 heteroatoms. The van der Waals surface area contributed by atoms with Gasteiger partial charge in [-0.2, -0.15) is 0 Å². The predicted molar refractivity (Wildman–Crippen MR) is 107 cm³/mol. The summed E-state index contributed by atoms with van der Waals surface area (Å²) in [5.41, 5.74) is 0. The van der Waals surface area contributed by atoms with Crippen LogP contribution < -0.4 is 0 Å². The number of likely N-dealkylation sites (N-methyl/N-ethyl adjacent to an activating group) is 1. The van der Waals surface area contributed by atoms with E-state index < -0.39 is 0 Å². The second kappa shape index (κ2) is 17.3. The van der Waals surface area contributed by atoms with Crippen LogP contribution in [0.5, 0.6) is 0 Å². The van der Waals surface area contributed by atoms with Gasteiger partial charge in [0.2, 0.25) is 0 Å². The van der Waals surface area contributed by atoms with Gasteiger partial charge in [-0.3, -0.25) is 0 Å². The average Bonchev–Trinajstić information content (AvgIpc) is 2.56. The molecule has 4 nitrogen and oxygen atoms in total. The van der Waals surface area contributed by atoms with Crippen molar-refractivity contribution in [3.8, 4) is 0 Å². The van der Waals surface area contributed by atoms with Gasteiger partial charge in [-0.25, -0.2) is 0 Å². The molecule has 0 saturated heterocycles. The van der Waals surface area contributed by atoms with Crippen LogP contribution in [0.4, 0.5) is 0 Å². The van der Waals surface area contributed by atoms with Gasteiger partial charge in [-0.1, -0.05) is 84.0 Å². The summed E-state index contributed by atoms with van der Waals surface area (Å²) >= 11 is 0. The van der Waals surface area contributed by atoms with E-state index in [4.69, 9.17) is 10.2 Å². The number of hydrogen-bond acceptors (Lipinski definition) is 3. The molecule has 0 fully saturated rings. The minimum Gasteiger partial charge on any atom is -0.391 e. The van der Waals surface area contributed by atoms with Gasteiger partial charge in [0.1, 0.15) is 25.7 Å². The molecule has 0 aliphatic carbocycles. The molecule has 0 heterocycles. The van der Waals surface area contributed by atoms with Crippen molar-refractivity contribution in [2.75, 3.05) is 39.9 Å². The van der Waals surface area contributed by atoms with Gasteiger partial charge in [-0.15, -0.1) is 0 Å². The highest BCUT2D eigenvalue weighted by atomic mass is 16.3. The van der Waals surface area contributed by atoms with E-state index in [1.807, 2.05) is 7.05 Å². The molecule has 0 rings (SSSR count). The van der Waals surface area contributed by atoms with Crippen molar-refractivity contribution in [1.29, 1.82) is 0 Å². The molecule has 0 saturated carbocycles. The first-order valence-electron chi connectivity index (χ1n) is 10.8. The summed E-state index contributed by atoms with van der Waals surface area (Å²) in [6.45, 7) is 4.27. The molecule has 3 N–H and O–H groups in total. The van der Waals surface area contributed by atoms with Gasteiger partial charge >= 0.3 is 0 Å². The minimum atomic E-state index is -0.328. The van der Waals surface area contributed by atoms with Crippen molar-refractivity contribution in [3.63, 3.8) is 0 Å². The lowest BCUT2D eigenvalue weighted by Gasteiger charge is -2.35. The zero-order chi connectivity index (χ0) is 18.8. The van der Waals surface area contributed by atoms with Crippen LogP contribution in [0.15, 0.2) is 0 Å². The van der Waals surface area contributed by atoms with E-state index in [0.717, 1.165) is 12.8 Å². The fraction of sp³-hybridized carbons (Fsp3) is 1.00. The molecule has 0 aromatic carbocycles.